The number of carbonyl (C=O) groups is 1. The molecule has 1 amide bonds. The van der Waals surface area contributed by atoms with E-state index >= 15 is 0 Å². The summed E-state index contributed by atoms with van der Waals surface area (Å²) in [4.78, 5) is 10.8. The number of alkyl halides is 3. The summed E-state index contributed by atoms with van der Waals surface area (Å²) in [6.07, 6.45) is -6.44. The average Bonchev–Trinajstić information content (AvgIpc) is 1.95. The SMILES string of the molecule is CC(C)(C)OC(=O)NC(CC(N)=S)C(F)(F)F. The number of halogens is 3. The Kier molecular flexibility index (Phi) is 5.18. The molecule has 0 aliphatic carbocycles. The Morgan fingerprint density at radius 2 is 1.88 bits per heavy atom. The van der Waals surface area contributed by atoms with Crippen LogP contribution in [0.4, 0.5) is 18.0 Å². The minimum Gasteiger partial charge on any atom is -0.444 e. The molecule has 0 radical (unpaired) electrons. The van der Waals surface area contributed by atoms with E-state index in [1.807, 2.05) is 0 Å². The number of nitrogens with one attached hydrogen (secondary N) is 1. The van der Waals surface area contributed by atoms with Crippen LogP contribution in [0.25, 0.3) is 0 Å². The lowest BCUT2D eigenvalue weighted by molar-refractivity contribution is -0.153. The van der Waals surface area contributed by atoms with Crippen molar-refractivity contribution in [3.05, 3.63) is 0 Å². The molecule has 8 heteroatoms. The van der Waals surface area contributed by atoms with Crippen molar-refractivity contribution in [2.45, 2.75) is 45.0 Å². The summed E-state index contributed by atoms with van der Waals surface area (Å²) in [5.74, 6) is 0. The van der Waals surface area contributed by atoms with Gasteiger partial charge in [0.05, 0.1) is 4.99 Å². The van der Waals surface area contributed by atoms with E-state index in [0.717, 1.165) is 0 Å². The summed E-state index contributed by atoms with van der Waals surface area (Å²) < 4.78 is 42.2. The first-order valence-corrected chi connectivity index (χ1v) is 5.17. The Balaban J connectivity index is 4.55. The van der Waals surface area contributed by atoms with E-state index in [4.69, 9.17) is 10.5 Å². The van der Waals surface area contributed by atoms with Crippen LogP contribution in [0, 0.1) is 0 Å². The van der Waals surface area contributed by atoms with Crippen molar-refractivity contribution in [1.82, 2.24) is 5.32 Å². The van der Waals surface area contributed by atoms with Crippen molar-refractivity contribution < 1.29 is 22.7 Å². The fraction of sp³-hybridized carbons (Fsp3) is 0.778. The van der Waals surface area contributed by atoms with E-state index in [1.165, 1.54) is 0 Å². The van der Waals surface area contributed by atoms with Gasteiger partial charge in [0.25, 0.3) is 0 Å². The van der Waals surface area contributed by atoms with Crippen LogP contribution in [0.5, 0.6) is 0 Å². The molecular formula is C9H15F3N2O2S. The number of hydrogen-bond acceptors (Lipinski definition) is 3. The van der Waals surface area contributed by atoms with E-state index in [9.17, 15) is 18.0 Å². The van der Waals surface area contributed by atoms with E-state index < -0.39 is 30.3 Å². The number of amides is 1. The topological polar surface area (TPSA) is 64.3 Å². The van der Waals surface area contributed by atoms with Gasteiger partial charge in [0.15, 0.2) is 0 Å². The molecule has 0 aliphatic rings. The lowest BCUT2D eigenvalue weighted by Crippen LogP contribution is -2.48. The van der Waals surface area contributed by atoms with Gasteiger partial charge in [0.1, 0.15) is 11.6 Å². The Labute approximate surface area is 103 Å². The molecule has 0 aliphatic heterocycles. The zero-order chi connectivity index (χ0) is 13.9. The molecule has 0 aromatic carbocycles. The lowest BCUT2D eigenvalue weighted by Gasteiger charge is -2.24. The zero-order valence-electron chi connectivity index (χ0n) is 9.72. The first-order valence-electron chi connectivity index (χ1n) is 4.76. The molecule has 0 aromatic heterocycles. The fourth-order valence-corrected chi connectivity index (χ4v) is 1.07. The standard InChI is InChI=1S/C9H15F3N2O2S/c1-8(2,3)16-7(15)14-5(4-6(13)17)9(10,11)12/h5H,4H2,1-3H3,(H2,13,17)(H,14,15). The second-order valence-electron chi connectivity index (χ2n) is 4.41. The molecule has 0 saturated carbocycles. The van der Waals surface area contributed by atoms with Gasteiger partial charge in [0.2, 0.25) is 0 Å². The predicted octanol–water partition coefficient (Wildman–Crippen LogP) is 2.12. The van der Waals surface area contributed by atoms with E-state index in [-0.39, 0.29) is 4.99 Å². The first kappa shape index (κ1) is 16.0. The highest BCUT2D eigenvalue weighted by atomic mass is 32.1. The van der Waals surface area contributed by atoms with Gasteiger partial charge < -0.3 is 15.8 Å². The van der Waals surface area contributed by atoms with Crippen LogP contribution in [-0.4, -0.2) is 28.9 Å². The molecule has 0 spiro atoms. The number of nitrogens with two attached hydrogens (primary N) is 1. The van der Waals surface area contributed by atoms with Crippen molar-refractivity contribution in [2.24, 2.45) is 5.73 Å². The number of thiocarbonyl (C=S) groups is 1. The summed E-state index contributed by atoms with van der Waals surface area (Å²) in [5.41, 5.74) is 4.16. The average molecular weight is 272 g/mol. The van der Waals surface area contributed by atoms with Gasteiger partial charge >= 0.3 is 12.3 Å². The number of ether oxygens (including phenoxy) is 1. The Hall–Kier alpha value is -1.05. The summed E-state index contributed by atoms with van der Waals surface area (Å²) in [5, 5.41) is 1.69. The molecule has 0 rings (SSSR count). The highest BCUT2D eigenvalue weighted by Crippen LogP contribution is 2.23. The molecule has 0 heterocycles. The summed E-state index contributed by atoms with van der Waals surface area (Å²) in [6.45, 7) is 4.63. The number of rotatable bonds is 3. The van der Waals surface area contributed by atoms with Crippen molar-refractivity contribution in [3.8, 4) is 0 Å². The van der Waals surface area contributed by atoms with E-state index in [2.05, 4.69) is 12.2 Å². The number of hydrogen-bond donors (Lipinski definition) is 2. The molecule has 17 heavy (non-hydrogen) atoms. The third-order valence-corrected chi connectivity index (χ3v) is 1.66. The van der Waals surface area contributed by atoms with Crippen molar-refractivity contribution in [3.63, 3.8) is 0 Å². The minimum atomic E-state index is -4.62. The van der Waals surface area contributed by atoms with Crippen LogP contribution < -0.4 is 11.1 Å². The monoisotopic (exact) mass is 272 g/mol. The van der Waals surface area contributed by atoms with Crippen LogP contribution in [-0.2, 0) is 4.74 Å². The number of carbonyl (C=O) groups excluding carboxylic acids is 1. The van der Waals surface area contributed by atoms with Crippen LogP contribution in [0.15, 0.2) is 0 Å². The van der Waals surface area contributed by atoms with Gasteiger partial charge in [0, 0.05) is 6.42 Å². The van der Waals surface area contributed by atoms with Gasteiger partial charge in [-0.15, -0.1) is 0 Å². The highest BCUT2D eigenvalue weighted by molar-refractivity contribution is 7.80. The largest absolute Gasteiger partial charge is 0.444 e. The minimum absolute atomic E-state index is 0.330. The Morgan fingerprint density at radius 1 is 1.41 bits per heavy atom. The van der Waals surface area contributed by atoms with Crippen molar-refractivity contribution in [1.29, 1.82) is 0 Å². The van der Waals surface area contributed by atoms with Crippen LogP contribution in [0.3, 0.4) is 0 Å². The molecule has 0 fully saturated rings. The fourth-order valence-electron chi connectivity index (χ4n) is 0.900. The third kappa shape index (κ3) is 7.78. The van der Waals surface area contributed by atoms with Gasteiger partial charge in [-0.1, -0.05) is 12.2 Å². The second kappa shape index (κ2) is 5.52. The normalized spacial score (nSPS) is 14.0. The highest BCUT2D eigenvalue weighted by Gasteiger charge is 2.41. The van der Waals surface area contributed by atoms with Crippen LogP contribution in [0.2, 0.25) is 0 Å². The maximum atomic E-state index is 12.5. The van der Waals surface area contributed by atoms with E-state index in [1.54, 1.807) is 26.1 Å². The summed E-state index contributed by atoms with van der Waals surface area (Å²) in [7, 11) is 0. The molecule has 4 nitrogen and oxygen atoms in total. The second-order valence-corrected chi connectivity index (χ2v) is 4.94. The lowest BCUT2D eigenvalue weighted by atomic mass is 10.2. The molecule has 1 unspecified atom stereocenters. The third-order valence-electron chi connectivity index (χ3n) is 1.49. The van der Waals surface area contributed by atoms with Crippen molar-refractivity contribution in [2.75, 3.05) is 0 Å². The van der Waals surface area contributed by atoms with Gasteiger partial charge in [-0.2, -0.15) is 13.2 Å². The Bertz CT molecular complexity index is 300. The molecular weight excluding hydrogens is 257 g/mol. The van der Waals surface area contributed by atoms with Crippen molar-refractivity contribution >= 4 is 23.3 Å². The molecule has 0 saturated heterocycles. The van der Waals surface area contributed by atoms with Crippen LogP contribution in [0.1, 0.15) is 27.2 Å². The smallest absolute Gasteiger partial charge is 0.409 e. The molecule has 3 N–H and O–H groups in total. The quantitative estimate of drug-likeness (QED) is 0.772. The predicted molar refractivity (Wildman–Crippen MR) is 60.6 cm³/mol. The van der Waals surface area contributed by atoms with E-state index in [0.29, 0.717) is 0 Å². The van der Waals surface area contributed by atoms with Gasteiger partial charge in [-0.3, -0.25) is 0 Å². The zero-order valence-corrected chi connectivity index (χ0v) is 10.5. The summed E-state index contributed by atoms with van der Waals surface area (Å²) in [6, 6.07) is -2.13. The van der Waals surface area contributed by atoms with Gasteiger partial charge in [-0.05, 0) is 20.8 Å². The molecule has 0 bridgehead atoms. The Morgan fingerprint density at radius 3 is 2.18 bits per heavy atom. The molecule has 100 valence electrons. The maximum absolute atomic E-state index is 12.5. The molecule has 0 aromatic rings. The maximum Gasteiger partial charge on any atom is 0.409 e. The first-order chi connectivity index (χ1) is 7.42. The number of alkyl carbamates (subject to hydrolysis) is 1. The molecule has 1 atom stereocenters. The summed E-state index contributed by atoms with van der Waals surface area (Å²) >= 11 is 4.39. The van der Waals surface area contributed by atoms with Gasteiger partial charge in [-0.25, -0.2) is 4.79 Å². The van der Waals surface area contributed by atoms with Crippen LogP contribution >= 0.6 is 12.2 Å².